The molecule has 0 spiro atoms. The van der Waals surface area contributed by atoms with Gasteiger partial charge in [-0.15, -0.1) is 6.58 Å². The number of phenols is 1. The Balaban J connectivity index is 0.00000225. The van der Waals surface area contributed by atoms with Crippen molar-refractivity contribution in [3.63, 3.8) is 0 Å². The summed E-state index contributed by atoms with van der Waals surface area (Å²) in [4.78, 5) is 15.6. The van der Waals surface area contributed by atoms with Gasteiger partial charge in [0.05, 0.1) is 24.3 Å². The van der Waals surface area contributed by atoms with Crippen LogP contribution in [0, 0.1) is 0 Å². The minimum Gasteiger partial charge on any atom is -0.508 e. The second-order valence-corrected chi connectivity index (χ2v) is 12.5. The summed E-state index contributed by atoms with van der Waals surface area (Å²) in [7, 11) is 0. The van der Waals surface area contributed by atoms with E-state index in [4.69, 9.17) is 19.2 Å². The molecule has 2 aromatic carbocycles. The number of hydrogen-bond acceptors (Lipinski definition) is 8. The number of hydrogen-bond donors (Lipinski definition) is 2. The second-order valence-electron chi connectivity index (χ2n) is 12.5. The van der Waals surface area contributed by atoms with Gasteiger partial charge in [-0.05, 0) is 90.4 Å². The molecule has 3 aromatic rings. The molecule has 0 saturated carbocycles. The molecule has 9 nitrogen and oxygen atoms in total. The van der Waals surface area contributed by atoms with Crippen LogP contribution in [-0.2, 0) is 0 Å². The van der Waals surface area contributed by atoms with Gasteiger partial charge in [0.2, 0.25) is 0 Å². The van der Waals surface area contributed by atoms with Crippen molar-refractivity contribution in [2.75, 3.05) is 78.7 Å². The standard InChI is InChI=1S/C34H55N5O4.C5H10.C4H8.C2H6/c1-7-17-39(12-6)20-23-43-31-24-27(40)15-16-29(31)34-35-30-25-28(41-21-13-18-37(8-2)9-3)26-32(33(30)36-34)42-22-14-19-38(10-4)11-5;1-3-5-4-2;1-3-4-2;1-2/h15-16,24-26,40H,7-14,17-23H2,1-6H3,(H,35,36);3,5H,4H2,1-2H3;3H,1,4H2,2H3;1-2H3/b;5-3-;;. The first-order chi connectivity index (χ1) is 26.3. The zero-order chi connectivity index (χ0) is 40.6. The van der Waals surface area contributed by atoms with E-state index in [1.807, 2.05) is 45.0 Å². The summed E-state index contributed by atoms with van der Waals surface area (Å²) in [6, 6.07) is 9.13. The number of likely N-dealkylation sites (N-methyl/N-ethyl adjacent to an activating group) is 1. The van der Waals surface area contributed by atoms with Gasteiger partial charge < -0.3 is 39.0 Å². The van der Waals surface area contributed by atoms with Crippen molar-refractivity contribution in [2.45, 2.75) is 108 Å². The van der Waals surface area contributed by atoms with Crippen molar-refractivity contribution in [1.29, 1.82) is 0 Å². The number of phenolic OH excluding ortho intramolecular Hbond substituents is 1. The van der Waals surface area contributed by atoms with Crippen molar-refractivity contribution in [3.05, 3.63) is 55.1 Å². The number of nitrogens with zero attached hydrogens (tertiary/aromatic N) is 4. The van der Waals surface area contributed by atoms with Crippen molar-refractivity contribution in [1.82, 2.24) is 24.7 Å². The molecule has 3 rings (SSSR count). The Labute approximate surface area is 330 Å². The van der Waals surface area contributed by atoms with Crippen LogP contribution in [-0.4, -0.2) is 108 Å². The minimum absolute atomic E-state index is 0.161. The Kier molecular flexibility index (Phi) is 30.7. The van der Waals surface area contributed by atoms with Gasteiger partial charge in [-0.25, -0.2) is 4.98 Å². The summed E-state index contributed by atoms with van der Waals surface area (Å²) in [5, 5.41) is 10.2. The molecule has 2 N–H and O–H groups in total. The molecule has 0 radical (unpaired) electrons. The largest absolute Gasteiger partial charge is 0.508 e. The maximum Gasteiger partial charge on any atom is 0.150 e. The molecule has 1 aromatic heterocycles. The predicted molar refractivity (Wildman–Crippen MR) is 234 cm³/mol. The van der Waals surface area contributed by atoms with Gasteiger partial charge in [0.1, 0.15) is 35.2 Å². The fraction of sp³-hybridized carbons (Fsp3) is 0.622. The number of allylic oxidation sites excluding steroid dienone is 3. The summed E-state index contributed by atoms with van der Waals surface area (Å²) < 4.78 is 18.7. The number of fused-ring (bicyclic) bond motifs is 1. The lowest BCUT2D eigenvalue weighted by atomic mass is 10.2. The van der Waals surface area contributed by atoms with E-state index < -0.39 is 0 Å². The molecule has 0 amide bonds. The SMILES string of the molecule is C/C=C\CC.C=CCC.CC.CCCN(CC)CCOc1cc(O)ccc1-c1nc2c(OCCCN(CC)CC)cc(OCCCN(CC)CC)cc2[nH]1. The minimum atomic E-state index is 0.161. The van der Waals surface area contributed by atoms with Crippen LogP contribution in [0.1, 0.15) is 108 Å². The van der Waals surface area contributed by atoms with Crippen LogP contribution in [0.4, 0.5) is 0 Å². The fourth-order valence-corrected chi connectivity index (χ4v) is 5.50. The molecule has 0 aliphatic heterocycles. The third-order valence-corrected chi connectivity index (χ3v) is 8.71. The summed E-state index contributed by atoms with van der Waals surface area (Å²) in [6.07, 6.45) is 11.3. The van der Waals surface area contributed by atoms with Crippen molar-refractivity contribution >= 4 is 11.0 Å². The van der Waals surface area contributed by atoms with E-state index in [1.165, 1.54) is 0 Å². The van der Waals surface area contributed by atoms with Crippen LogP contribution in [0.25, 0.3) is 22.4 Å². The number of aromatic nitrogens is 2. The van der Waals surface area contributed by atoms with Crippen molar-refractivity contribution < 1.29 is 19.3 Å². The quantitative estimate of drug-likeness (QED) is 0.0691. The number of ether oxygens (including phenoxy) is 3. The van der Waals surface area contributed by atoms with Crippen LogP contribution in [0.3, 0.4) is 0 Å². The molecule has 0 aliphatic rings. The average molecular weight is 754 g/mol. The second kappa shape index (κ2) is 32.9. The summed E-state index contributed by atoms with van der Waals surface area (Å²) in [5.41, 5.74) is 2.39. The Hall–Kier alpha value is -3.53. The molecular formula is C45H79N5O4. The lowest BCUT2D eigenvalue weighted by molar-refractivity contribution is 0.216. The molecule has 308 valence electrons. The Morgan fingerprint density at radius 3 is 1.78 bits per heavy atom. The highest BCUT2D eigenvalue weighted by atomic mass is 16.5. The number of benzene rings is 2. The van der Waals surface area contributed by atoms with Gasteiger partial charge in [-0.2, -0.15) is 0 Å². The molecule has 0 bridgehead atoms. The molecule has 0 saturated heterocycles. The average Bonchev–Trinajstić information content (AvgIpc) is 3.63. The zero-order valence-electron chi connectivity index (χ0n) is 36.3. The van der Waals surface area contributed by atoms with Crippen LogP contribution < -0.4 is 14.2 Å². The molecule has 0 atom stereocenters. The van der Waals surface area contributed by atoms with E-state index >= 15 is 0 Å². The third kappa shape index (κ3) is 20.2. The van der Waals surface area contributed by atoms with E-state index in [2.05, 4.69) is 93.8 Å². The Bertz CT molecular complexity index is 1370. The maximum atomic E-state index is 10.2. The molecule has 0 aliphatic carbocycles. The third-order valence-electron chi connectivity index (χ3n) is 8.71. The van der Waals surface area contributed by atoms with E-state index in [0.717, 1.165) is 113 Å². The highest BCUT2D eigenvalue weighted by Crippen LogP contribution is 2.36. The van der Waals surface area contributed by atoms with E-state index in [1.54, 1.807) is 12.1 Å². The van der Waals surface area contributed by atoms with Crippen LogP contribution >= 0.6 is 0 Å². The topological polar surface area (TPSA) is 86.3 Å². The van der Waals surface area contributed by atoms with Gasteiger partial charge in [0.25, 0.3) is 0 Å². The lowest BCUT2D eigenvalue weighted by Crippen LogP contribution is -2.29. The Morgan fingerprint density at radius 2 is 1.28 bits per heavy atom. The molecule has 0 unspecified atom stereocenters. The van der Waals surface area contributed by atoms with Gasteiger partial charge >= 0.3 is 0 Å². The summed E-state index contributed by atoms with van der Waals surface area (Å²) in [6.45, 7) is 37.5. The number of imidazole rings is 1. The Morgan fingerprint density at radius 1 is 0.704 bits per heavy atom. The first-order valence-electron chi connectivity index (χ1n) is 20.9. The molecule has 0 fully saturated rings. The maximum absolute atomic E-state index is 10.2. The monoisotopic (exact) mass is 754 g/mol. The van der Waals surface area contributed by atoms with Gasteiger partial charge in [-0.3, -0.25) is 0 Å². The number of H-pyrrole nitrogens is 1. The normalized spacial score (nSPS) is 10.9. The molecule has 9 heteroatoms. The fourth-order valence-electron chi connectivity index (χ4n) is 5.50. The number of aromatic hydroxyl groups is 1. The van der Waals surface area contributed by atoms with Crippen molar-refractivity contribution in [3.8, 4) is 34.4 Å². The van der Waals surface area contributed by atoms with Gasteiger partial charge in [-0.1, -0.05) is 87.5 Å². The number of aromatic amines is 1. The lowest BCUT2D eigenvalue weighted by Gasteiger charge is -2.20. The van der Waals surface area contributed by atoms with Gasteiger partial charge in [0, 0.05) is 37.8 Å². The van der Waals surface area contributed by atoms with Gasteiger partial charge in [0.15, 0.2) is 5.75 Å². The highest BCUT2D eigenvalue weighted by molar-refractivity contribution is 5.87. The molecular weight excluding hydrogens is 675 g/mol. The first kappa shape index (κ1) is 50.5. The first-order valence-corrected chi connectivity index (χ1v) is 20.9. The number of nitrogens with one attached hydrogen (secondary N) is 1. The van der Waals surface area contributed by atoms with E-state index in [-0.39, 0.29) is 5.75 Å². The predicted octanol–water partition coefficient (Wildman–Crippen LogP) is 10.8. The van der Waals surface area contributed by atoms with Crippen LogP contribution in [0.2, 0.25) is 0 Å². The molecule has 54 heavy (non-hydrogen) atoms. The molecule has 1 heterocycles. The summed E-state index contributed by atoms with van der Waals surface area (Å²) in [5.74, 6) is 2.89. The zero-order valence-corrected chi connectivity index (χ0v) is 36.3. The van der Waals surface area contributed by atoms with E-state index in [0.29, 0.717) is 37.1 Å². The van der Waals surface area contributed by atoms with Crippen LogP contribution in [0.5, 0.6) is 23.0 Å². The summed E-state index contributed by atoms with van der Waals surface area (Å²) >= 11 is 0. The number of rotatable bonds is 24. The van der Waals surface area contributed by atoms with Crippen molar-refractivity contribution in [2.24, 2.45) is 0 Å². The highest BCUT2D eigenvalue weighted by Gasteiger charge is 2.17. The smallest absolute Gasteiger partial charge is 0.150 e. The van der Waals surface area contributed by atoms with E-state index in [9.17, 15) is 5.11 Å². The van der Waals surface area contributed by atoms with Crippen LogP contribution in [0.15, 0.2) is 55.1 Å².